The average molecular weight is 398 g/mol. The quantitative estimate of drug-likeness (QED) is 0.484. The van der Waals surface area contributed by atoms with Crippen LogP contribution in [0.1, 0.15) is 15.9 Å². The van der Waals surface area contributed by atoms with E-state index in [0.717, 1.165) is 33.5 Å². The van der Waals surface area contributed by atoms with E-state index in [1.54, 1.807) is 14.2 Å². The molecule has 30 heavy (non-hydrogen) atoms. The summed E-state index contributed by atoms with van der Waals surface area (Å²) in [5.41, 5.74) is 4.82. The van der Waals surface area contributed by atoms with Crippen molar-refractivity contribution in [2.24, 2.45) is 0 Å². The Morgan fingerprint density at radius 3 is 2.37 bits per heavy atom. The maximum atomic E-state index is 12.6. The number of aryl methyl sites for hydroxylation is 1. The van der Waals surface area contributed by atoms with Crippen molar-refractivity contribution in [2.75, 3.05) is 19.5 Å². The Kier molecular flexibility index (Phi) is 5.35. The van der Waals surface area contributed by atoms with Crippen LogP contribution in [0.5, 0.6) is 11.5 Å². The summed E-state index contributed by atoms with van der Waals surface area (Å²) in [7, 11) is 3.27. The molecule has 4 aromatic rings. The zero-order valence-electron chi connectivity index (χ0n) is 17.1. The van der Waals surface area contributed by atoms with Gasteiger partial charge >= 0.3 is 0 Å². The van der Waals surface area contributed by atoms with Gasteiger partial charge in [0.15, 0.2) is 0 Å². The van der Waals surface area contributed by atoms with E-state index in [9.17, 15) is 4.79 Å². The molecule has 1 heterocycles. The molecule has 0 saturated carbocycles. The highest BCUT2D eigenvalue weighted by Crippen LogP contribution is 2.32. The maximum Gasteiger partial charge on any atom is 0.255 e. The third-order valence-electron chi connectivity index (χ3n) is 5.02. The summed E-state index contributed by atoms with van der Waals surface area (Å²) in [4.78, 5) is 17.4. The van der Waals surface area contributed by atoms with Crippen LogP contribution < -0.4 is 14.8 Å². The lowest BCUT2D eigenvalue weighted by atomic mass is 10.1. The van der Waals surface area contributed by atoms with Gasteiger partial charge in [0.05, 0.1) is 25.4 Å². The standard InChI is InChI=1S/C25H22N2O3/c1-16-6-4-5-7-20(16)25(28)26-18-10-13-22-21(14-18)24(30-3)15-23(27-22)17-8-11-19(29-2)12-9-17/h4-15H,1-3H3,(H,26,28). The normalized spacial score (nSPS) is 10.6. The number of nitrogens with zero attached hydrogens (tertiary/aromatic N) is 1. The van der Waals surface area contributed by atoms with Gasteiger partial charge in [0.1, 0.15) is 11.5 Å². The molecule has 1 N–H and O–H groups in total. The molecular weight excluding hydrogens is 376 g/mol. The van der Waals surface area contributed by atoms with E-state index in [4.69, 9.17) is 14.5 Å². The summed E-state index contributed by atoms with van der Waals surface area (Å²) in [5, 5.41) is 3.80. The molecule has 0 saturated heterocycles. The Morgan fingerprint density at radius 2 is 1.67 bits per heavy atom. The summed E-state index contributed by atoms with van der Waals surface area (Å²) < 4.78 is 10.8. The van der Waals surface area contributed by atoms with E-state index in [1.807, 2.05) is 79.7 Å². The van der Waals surface area contributed by atoms with Gasteiger partial charge in [0, 0.05) is 28.3 Å². The second kappa shape index (κ2) is 8.25. The number of hydrogen-bond donors (Lipinski definition) is 1. The van der Waals surface area contributed by atoms with Gasteiger partial charge in [-0.15, -0.1) is 0 Å². The molecule has 5 heteroatoms. The van der Waals surface area contributed by atoms with Crippen LogP contribution in [0, 0.1) is 6.92 Å². The van der Waals surface area contributed by atoms with Crippen LogP contribution in [-0.4, -0.2) is 25.1 Å². The number of rotatable bonds is 5. The van der Waals surface area contributed by atoms with Gasteiger partial charge in [0.25, 0.3) is 5.91 Å². The Bertz CT molecular complexity index is 1220. The summed E-state index contributed by atoms with van der Waals surface area (Å²) in [5.74, 6) is 1.34. The molecule has 150 valence electrons. The van der Waals surface area contributed by atoms with E-state index in [-0.39, 0.29) is 5.91 Å². The van der Waals surface area contributed by atoms with Crippen LogP contribution in [0.2, 0.25) is 0 Å². The molecule has 0 aliphatic carbocycles. The smallest absolute Gasteiger partial charge is 0.255 e. The fraction of sp³-hybridized carbons (Fsp3) is 0.120. The highest BCUT2D eigenvalue weighted by molar-refractivity contribution is 6.06. The monoisotopic (exact) mass is 398 g/mol. The number of pyridine rings is 1. The lowest BCUT2D eigenvalue weighted by Gasteiger charge is -2.12. The van der Waals surface area contributed by atoms with Crippen molar-refractivity contribution >= 4 is 22.5 Å². The lowest BCUT2D eigenvalue weighted by Crippen LogP contribution is -2.13. The van der Waals surface area contributed by atoms with E-state index in [1.165, 1.54) is 0 Å². The molecule has 0 fully saturated rings. The molecular formula is C25H22N2O3. The maximum absolute atomic E-state index is 12.6. The number of methoxy groups -OCH3 is 2. The number of nitrogens with one attached hydrogen (secondary N) is 1. The first kappa shape index (κ1) is 19.5. The Balaban J connectivity index is 1.69. The van der Waals surface area contributed by atoms with E-state index in [2.05, 4.69) is 5.32 Å². The minimum Gasteiger partial charge on any atom is -0.497 e. The molecule has 5 nitrogen and oxygen atoms in total. The molecule has 0 radical (unpaired) electrons. The number of anilines is 1. The third-order valence-corrected chi connectivity index (χ3v) is 5.02. The Hall–Kier alpha value is -3.86. The highest BCUT2D eigenvalue weighted by atomic mass is 16.5. The number of fused-ring (bicyclic) bond motifs is 1. The highest BCUT2D eigenvalue weighted by Gasteiger charge is 2.12. The van der Waals surface area contributed by atoms with Crippen molar-refractivity contribution in [1.82, 2.24) is 4.98 Å². The van der Waals surface area contributed by atoms with Crippen molar-refractivity contribution in [1.29, 1.82) is 0 Å². The van der Waals surface area contributed by atoms with Crippen LogP contribution in [0.4, 0.5) is 5.69 Å². The van der Waals surface area contributed by atoms with Crippen LogP contribution in [0.3, 0.4) is 0 Å². The number of ether oxygens (including phenoxy) is 2. The number of carbonyl (C=O) groups is 1. The molecule has 1 aromatic heterocycles. The Labute approximate surface area is 175 Å². The molecule has 0 unspecified atom stereocenters. The number of carbonyl (C=O) groups excluding carboxylic acids is 1. The summed E-state index contributed by atoms with van der Waals surface area (Å²) in [6.07, 6.45) is 0. The van der Waals surface area contributed by atoms with Crippen molar-refractivity contribution in [3.8, 4) is 22.8 Å². The Morgan fingerprint density at radius 1 is 0.900 bits per heavy atom. The van der Waals surface area contributed by atoms with Crippen LogP contribution in [0.25, 0.3) is 22.2 Å². The van der Waals surface area contributed by atoms with E-state index in [0.29, 0.717) is 17.0 Å². The zero-order chi connectivity index (χ0) is 21.1. The van der Waals surface area contributed by atoms with E-state index >= 15 is 0 Å². The number of amides is 1. The molecule has 0 aliphatic rings. The second-order valence-corrected chi connectivity index (χ2v) is 6.94. The van der Waals surface area contributed by atoms with Crippen LogP contribution >= 0.6 is 0 Å². The molecule has 3 aromatic carbocycles. The number of hydrogen-bond acceptors (Lipinski definition) is 4. The van der Waals surface area contributed by atoms with Gasteiger partial charge in [0.2, 0.25) is 0 Å². The van der Waals surface area contributed by atoms with Crippen molar-refractivity contribution in [2.45, 2.75) is 6.92 Å². The number of benzene rings is 3. The molecule has 0 bridgehead atoms. The van der Waals surface area contributed by atoms with Crippen molar-refractivity contribution < 1.29 is 14.3 Å². The predicted molar refractivity (Wildman–Crippen MR) is 119 cm³/mol. The average Bonchev–Trinajstić information content (AvgIpc) is 2.78. The fourth-order valence-corrected chi connectivity index (χ4v) is 3.38. The summed E-state index contributed by atoms with van der Waals surface area (Å²) >= 11 is 0. The predicted octanol–water partition coefficient (Wildman–Crippen LogP) is 5.48. The fourth-order valence-electron chi connectivity index (χ4n) is 3.38. The zero-order valence-corrected chi connectivity index (χ0v) is 17.1. The minimum absolute atomic E-state index is 0.144. The van der Waals surface area contributed by atoms with Gasteiger partial charge in [-0.25, -0.2) is 4.98 Å². The third kappa shape index (κ3) is 3.82. The number of aromatic nitrogens is 1. The van der Waals surface area contributed by atoms with Crippen LogP contribution in [-0.2, 0) is 0 Å². The molecule has 1 amide bonds. The van der Waals surface area contributed by atoms with Crippen LogP contribution in [0.15, 0.2) is 72.8 Å². The SMILES string of the molecule is COc1ccc(-c2cc(OC)c3cc(NC(=O)c4ccccc4C)ccc3n2)cc1. The van der Waals surface area contributed by atoms with Gasteiger partial charge < -0.3 is 14.8 Å². The van der Waals surface area contributed by atoms with Crippen molar-refractivity contribution in [3.05, 3.63) is 83.9 Å². The molecule has 4 rings (SSSR count). The second-order valence-electron chi connectivity index (χ2n) is 6.94. The van der Waals surface area contributed by atoms with Gasteiger partial charge in [-0.2, -0.15) is 0 Å². The first-order valence-electron chi connectivity index (χ1n) is 9.59. The van der Waals surface area contributed by atoms with Crippen molar-refractivity contribution in [3.63, 3.8) is 0 Å². The topological polar surface area (TPSA) is 60.5 Å². The first-order valence-corrected chi connectivity index (χ1v) is 9.59. The molecule has 0 spiro atoms. The van der Waals surface area contributed by atoms with Gasteiger partial charge in [-0.1, -0.05) is 18.2 Å². The largest absolute Gasteiger partial charge is 0.497 e. The first-order chi connectivity index (χ1) is 14.6. The van der Waals surface area contributed by atoms with E-state index < -0.39 is 0 Å². The summed E-state index contributed by atoms with van der Waals surface area (Å²) in [6, 6.07) is 22.8. The molecule has 0 atom stereocenters. The minimum atomic E-state index is -0.144. The summed E-state index contributed by atoms with van der Waals surface area (Å²) in [6.45, 7) is 1.92. The van der Waals surface area contributed by atoms with Gasteiger partial charge in [-0.3, -0.25) is 4.79 Å². The van der Waals surface area contributed by atoms with Gasteiger partial charge in [-0.05, 0) is 61.0 Å². The molecule has 0 aliphatic heterocycles. The lowest BCUT2D eigenvalue weighted by molar-refractivity contribution is 0.102.